The first kappa shape index (κ1) is 29.4. The number of phenols is 2. The van der Waals surface area contributed by atoms with Crippen LogP contribution in [0.1, 0.15) is 76.1 Å². The molecule has 4 aromatic rings. The minimum Gasteiger partial charge on any atom is -0.507 e. The molecule has 234 valence electrons. The zero-order chi connectivity index (χ0) is 32.9. The third-order valence-electron chi connectivity index (χ3n) is 9.75. The maximum Gasteiger partial charge on any atom is 0.268 e. The number of fused-ring (bicyclic) bond motifs is 4. The standard InChI is InChI=1S/C36H33N3O7/c1-6-34(3,4)31-19(18-9-7-8-10-21(18)37-31)15-22-32(43)39-35(33(44)38-22)11-12-36(45)20-13-17(2)14-23(40)26(20)30(42)27-24(41)16-25(46-5)28(35)29(27)36/h6-10,13-16,37,40-41,45H,1,11-12H2,2-5H3,(H,38,44)(H,39,43)/t35-,36+/m1/s1. The number of nitrogens with one attached hydrogen (secondary N) is 3. The first-order valence-electron chi connectivity index (χ1n) is 14.9. The maximum absolute atomic E-state index is 14.3. The fourth-order valence-corrected chi connectivity index (χ4v) is 7.34. The summed E-state index contributed by atoms with van der Waals surface area (Å²) in [7, 11) is 1.33. The number of rotatable bonds is 4. The van der Waals surface area contributed by atoms with Crippen LogP contribution in [0.25, 0.3) is 17.0 Å². The number of aryl methyl sites for hydroxylation is 1. The number of ketones is 1. The van der Waals surface area contributed by atoms with E-state index in [1.165, 1.54) is 19.2 Å². The van der Waals surface area contributed by atoms with E-state index < -0.39 is 39.9 Å². The molecule has 3 aromatic carbocycles. The smallest absolute Gasteiger partial charge is 0.268 e. The molecule has 46 heavy (non-hydrogen) atoms. The third kappa shape index (κ3) is 3.76. The van der Waals surface area contributed by atoms with Gasteiger partial charge < -0.3 is 35.7 Å². The number of H-pyrrole nitrogens is 1. The Morgan fingerprint density at radius 2 is 1.72 bits per heavy atom. The van der Waals surface area contributed by atoms with Crippen molar-refractivity contribution in [3.8, 4) is 17.2 Å². The Hall–Kier alpha value is -5.35. The normalized spacial score (nSPS) is 22.8. The van der Waals surface area contributed by atoms with Crippen molar-refractivity contribution in [1.29, 1.82) is 0 Å². The molecule has 3 aliphatic rings. The second-order valence-corrected chi connectivity index (χ2v) is 12.9. The summed E-state index contributed by atoms with van der Waals surface area (Å²) in [6, 6.07) is 11.9. The molecule has 0 unspecified atom stereocenters. The van der Waals surface area contributed by atoms with Gasteiger partial charge in [0.05, 0.1) is 18.2 Å². The number of aliphatic hydroxyl groups is 1. The molecule has 10 heteroatoms. The summed E-state index contributed by atoms with van der Waals surface area (Å²) in [5, 5.41) is 40.8. The number of carbonyl (C=O) groups excluding carboxylic acids is 3. The van der Waals surface area contributed by atoms with Crippen LogP contribution in [0.5, 0.6) is 17.2 Å². The third-order valence-corrected chi connectivity index (χ3v) is 9.75. The fourth-order valence-electron chi connectivity index (χ4n) is 7.34. The van der Waals surface area contributed by atoms with E-state index in [2.05, 4.69) is 22.2 Å². The van der Waals surface area contributed by atoms with Crippen LogP contribution >= 0.6 is 0 Å². The molecule has 0 bridgehead atoms. The Kier molecular flexibility index (Phi) is 6.11. The number of phenolic OH excluding ortho intramolecular Hbond substituents is 2. The number of carbonyl (C=O) groups is 3. The molecule has 6 N–H and O–H groups in total. The average Bonchev–Trinajstić information content (AvgIpc) is 3.39. The molecule has 0 radical (unpaired) electrons. The number of aromatic nitrogens is 1. The van der Waals surface area contributed by atoms with Crippen molar-refractivity contribution < 1.29 is 34.4 Å². The number of hydrogen-bond donors (Lipinski definition) is 6. The van der Waals surface area contributed by atoms with Gasteiger partial charge in [-0.15, -0.1) is 6.58 Å². The second kappa shape index (κ2) is 9.58. The topological polar surface area (TPSA) is 161 Å². The lowest BCUT2D eigenvalue weighted by atomic mass is 9.60. The monoisotopic (exact) mass is 619 g/mol. The predicted octanol–water partition coefficient (Wildman–Crippen LogP) is 4.42. The van der Waals surface area contributed by atoms with Gasteiger partial charge in [-0.1, -0.05) is 44.2 Å². The van der Waals surface area contributed by atoms with Crippen LogP contribution in [0.4, 0.5) is 0 Å². The van der Waals surface area contributed by atoms with Crippen LogP contribution in [-0.4, -0.2) is 45.0 Å². The van der Waals surface area contributed by atoms with Gasteiger partial charge in [0.15, 0.2) is 0 Å². The molecule has 0 saturated carbocycles. The number of ether oxygens (including phenoxy) is 1. The lowest BCUT2D eigenvalue weighted by molar-refractivity contribution is -0.138. The van der Waals surface area contributed by atoms with E-state index in [1.807, 2.05) is 38.1 Å². The fraction of sp³-hybridized carbons (Fsp3) is 0.250. The number of aromatic amines is 1. The summed E-state index contributed by atoms with van der Waals surface area (Å²) in [6.07, 6.45) is 3.24. The number of amides is 2. The van der Waals surface area contributed by atoms with Crippen molar-refractivity contribution in [1.82, 2.24) is 15.6 Å². The van der Waals surface area contributed by atoms with Gasteiger partial charge in [-0.3, -0.25) is 14.4 Å². The molecule has 2 aliphatic carbocycles. The number of para-hydroxylation sites is 1. The Bertz CT molecular complexity index is 2110. The Morgan fingerprint density at radius 3 is 2.43 bits per heavy atom. The number of allylic oxidation sites excluding steroid dienone is 1. The van der Waals surface area contributed by atoms with Crippen LogP contribution < -0.4 is 15.4 Å². The SMILES string of the molecule is C=CC(C)(C)c1[nH]c2ccccc2c1C=C1NC(=O)[C@]2(CC[C@]3(O)c4cc(C)cc(O)c4C(=O)c4c(O)cc(OC)c2c43)NC1=O. The van der Waals surface area contributed by atoms with Gasteiger partial charge in [0, 0.05) is 50.3 Å². The lowest BCUT2D eigenvalue weighted by Gasteiger charge is -2.49. The summed E-state index contributed by atoms with van der Waals surface area (Å²) in [4.78, 5) is 45.6. The van der Waals surface area contributed by atoms with E-state index in [1.54, 1.807) is 25.1 Å². The molecule has 1 aliphatic heterocycles. The van der Waals surface area contributed by atoms with Crippen molar-refractivity contribution in [3.05, 3.63) is 105 Å². The maximum atomic E-state index is 14.3. The number of piperazine rings is 1. The molecule has 1 spiro atoms. The van der Waals surface area contributed by atoms with E-state index in [0.29, 0.717) is 5.56 Å². The predicted molar refractivity (Wildman–Crippen MR) is 171 cm³/mol. The Morgan fingerprint density at radius 1 is 1.00 bits per heavy atom. The second-order valence-electron chi connectivity index (χ2n) is 12.9. The zero-order valence-corrected chi connectivity index (χ0v) is 25.8. The molecule has 2 heterocycles. The number of aromatic hydroxyl groups is 2. The number of hydrogen-bond acceptors (Lipinski definition) is 7. The highest BCUT2D eigenvalue weighted by atomic mass is 16.5. The van der Waals surface area contributed by atoms with Crippen molar-refractivity contribution in [3.63, 3.8) is 0 Å². The van der Waals surface area contributed by atoms with Gasteiger partial charge in [0.2, 0.25) is 5.78 Å². The Balaban J connectivity index is 1.41. The zero-order valence-electron chi connectivity index (χ0n) is 25.8. The van der Waals surface area contributed by atoms with E-state index in [0.717, 1.165) is 22.2 Å². The van der Waals surface area contributed by atoms with Gasteiger partial charge in [-0.05, 0) is 43.5 Å². The highest BCUT2D eigenvalue weighted by molar-refractivity contribution is 6.18. The van der Waals surface area contributed by atoms with Crippen molar-refractivity contribution >= 4 is 34.6 Å². The van der Waals surface area contributed by atoms with E-state index in [-0.39, 0.29) is 57.9 Å². The quantitative estimate of drug-likeness (QED) is 0.146. The van der Waals surface area contributed by atoms with Gasteiger partial charge in [0.1, 0.15) is 34.1 Å². The first-order valence-corrected chi connectivity index (χ1v) is 14.9. The summed E-state index contributed by atoms with van der Waals surface area (Å²) in [5.41, 5.74) is -1.32. The van der Waals surface area contributed by atoms with Crippen molar-refractivity contribution in [2.45, 2.75) is 50.2 Å². The van der Waals surface area contributed by atoms with E-state index >= 15 is 0 Å². The average molecular weight is 620 g/mol. The Labute approximate surface area is 264 Å². The molecular weight excluding hydrogens is 586 g/mol. The van der Waals surface area contributed by atoms with Crippen LogP contribution in [0, 0.1) is 6.92 Å². The molecular formula is C36H33N3O7. The van der Waals surface area contributed by atoms with Gasteiger partial charge >= 0.3 is 0 Å². The van der Waals surface area contributed by atoms with E-state index in [4.69, 9.17) is 4.74 Å². The number of benzene rings is 3. The highest BCUT2D eigenvalue weighted by Gasteiger charge is 2.59. The molecule has 10 nitrogen and oxygen atoms in total. The molecule has 1 aromatic heterocycles. The molecule has 1 fully saturated rings. The summed E-state index contributed by atoms with van der Waals surface area (Å²) in [5.74, 6) is -2.70. The van der Waals surface area contributed by atoms with E-state index in [9.17, 15) is 29.7 Å². The first-order chi connectivity index (χ1) is 21.8. The summed E-state index contributed by atoms with van der Waals surface area (Å²) < 4.78 is 5.63. The molecule has 7 rings (SSSR count). The largest absolute Gasteiger partial charge is 0.507 e. The van der Waals surface area contributed by atoms with Crippen LogP contribution in [0.3, 0.4) is 0 Å². The number of methoxy groups -OCH3 is 1. The van der Waals surface area contributed by atoms with Gasteiger partial charge in [0.25, 0.3) is 11.8 Å². The van der Waals surface area contributed by atoms with Crippen molar-refractivity contribution in [2.75, 3.05) is 7.11 Å². The minimum atomic E-state index is -1.88. The van der Waals surface area contributed by atoms with Gasteiger partial charge in [-0.25, -0.2) is 0 Å². The molecule has 2 atom stereocenters. The lowest BCUT2D eigenvalue weighted by Crippen LogP contribution is -2.65. The van der Waals surface area contributed by atoms with Crippen molar-refractivity contribution in [2.24, 2.45) is 0 Å². The van der Waals surface area contributed by atoms with Gasteiger partial charge in [-0.2, -0.15) is 0 Å². The summed E-state index contributed by atoms with van der Waals surface area (Å²) >= 11 is 0. The molecule has 1 saturated heterocycles. The highest BCUT2D eigenvalue weighted by Crippen LogP contribution is 2.58. The van der Waals surface area contributed by atoms with Crippen LogP contribution in [-0.2, 0) is 26.1 Å². The minimum absolute atomic E-state index is 0.0101. The van der Waals surface area contributed by atoms with Crippen LogP contribution in [0.15, 0.2) is 60.8 Å². The molecule has 2 amide bonds. The summed E-state index contributed by atoms with van der Waals surface area (Å²) in [6.45, 7) is 9.68. The van der Waals surface area contributed by atoms with Crippen LogP contribution in [0.2, 0.25) is 0 Å².